The summed E-state index contributed by atoms with van der Waals surface area (Å²) in [5.74, 6) is -0.402. The van der Waals surface area contributed by atoms with E-state index in [1.54, 1.807) is 12.1 Å². The van der Waals surface area contributed by atoms with Crippen LogP contribution >= 0.6 is 0 Å². The number of hydrogen-bond acceptors (Lipinski definition) is 3. The van der Waals surface area contributed by atoms with Crippen molar-refractivity contribution in [3.8, 4) is 0 Å². The average molecular weight is 395 g/mol. The number of aryl methyl sites for hydroxylation is 1. The largest absolute Gasteiger partial charge is 0.358 e. The zero-order valence-electron chi connectivity index (χ0n) is 15.1. The molecule has 28 heavy (non-hydrogen) atoms. The molecule has 0 amide bonds. The summed E-state index contributed by atoms with van der Waals surface area (Å²) >= 11 is 0. The van der Waals surface area contributed by atoms with Crippen LogP contribution in [0.1, 0.15) is 22.8 Å². The normalized spacial score (nSPS) is 19.4. The summed E-state index contributed by atoms with van der Waals surface area (Å²) in [5, 5.41) is 0. The summed E-state index contributed by atoms with van der Waals surface area (Å²) in [6, 6.07) is 21.6. The van der Waals surface area contributed by atoms with Gasteiger partial charge in [-0.05, 0) is 42.3 Å². The second-order valence-electron chi connectivity index (χ2n) is 6.66. The zero-order chi connectivity index (χ0) is 19.7. The Balaban J connectivity index is 1.74. The van der Waals surface area contributed by atoms with Gasteiger partial charge in [0.05, 0.1) is 10.6 Å². The van der Waals surface area contributed by atoms with E-state index in [4.69, 9.17) is 4.74 Å². The molecule has 1 saturated heterocycles. The first-order chi connectivity index (χ1) is 13.4. The molecule has 4 rings (SSSR count). The van der Waals surface area contributed by atoms with Crippen molar-refractivity contribution >= 4 is 15.7 Å². The first kappa shape index (κ1) is 18.5. The van der Waals surface area contributed by atoms with E-state index in [1.165, 1.54) is 36.4 Å². The summed E-state index contributed by atoms with van der Waals surface area (Å²) in [4.78, 5) is 0.106. The van der Waals surface area contributed by atoms with E-state index < -0.39 is 21.9 Å². The van der Waals surface area contributed by atoms with Crippen molar-refractivity contribution in [2.75, 3.05) is 0 Å². The molecule has 4 nitrogen and oxygen atoms in total. The maximum Gasteiger partial charge on any atom is 0.282 e. The van der Waals surface area contributed by atoms with E-state index in [1.807, 2.05) is 37.3 Å². The van der Waals surface area contributed by atoms with Gasteiger partial charge < -0.3 is 4.74 Å². The van der Waals surface area contributed by atoms with Gasteiger partial charge in [-0.3, -0.25) is 0 Å². The van der Waals surface area contributed by atoms with Crippen LogP contribution in [0.15, 0.2) is 88.2 Å². The van der Waals surface area contributed by atoms with Crippen molar-refractivity contribution in [1.29, 1.82) is 0 Å². The molecule has 0 spiro atoms. The fourth-order valence-corrected chi connectivity index (χ4v) is 4.05. The van der Waals surface area contributed by atoms with Crippen molar-refractivity contribution in [2.24, 2.45) is 4.40 Å². The van der Waals surface area contributed by atoms with Gasteiger partial charge >= 0.3 is 0 Å². The fraction of sp³-hybridized carbons (Fsp3) is 0.136. The number of benzene rings is 3. The van der Waals surface area contributed by atoms with E-state index in [0.29, 0.717) is 5.56 Å². The van der Waals surface area contributed by atoms with E-state index in [-0.39, 0.29) is 16.7 Å². The molecule has 0 aromatic heterocycles. The van der Waals surface area contributed by atoms with Crippen LogP contribution in [0.3, 0.4) is 0 Å². The molecule has 3 aromatic rings. The number of epoxide rings is 1. The Morgan fingerprint density at radius 2 is 1.57 bits per heavy atom. The van der Waals surface area contributed by atoms with Crippen LogP contribution in [0.25, 0.3) is 0 Å². The molecule has 3 aromatic carbocycles. The van der Waals surface area contributed by atoms with E-state index in [9.17, 15) is 12.8 Å². The number of ether oxygens (including phenoxy) is 1. The highest BCUT2D eigenvalue weighted by molar-refractivity contribution is 7.90. The molecule has 0 aliphatic carbocycles. The van der Waals surface area contributed by atoms with Gasteiger partial charge in [-0.1, -0.05) is 60.2 Å². The Morgan fingerprint density at radius 3 is 2.21 bits per heavy atom. The highest BCUT2D eigenvalue weighted by Gasteiger charge is 2.45. The Bertz CT molecular complexity index is 1110. The SMILES string of the molecule is Cc1ccc(S(=O)(=O)/N=C(\c2ccc(F)cc2)[C@H]2O[C@@H]2c2ccccc2)cc1. The highest BCUT2D eigenvalue weighted by atomic mass is 32.2. The lowest BCUT2D eigenvalue weighted by Gasteiger charge is -2.06. The van der Waals surface area contributed by atoms with Crippen LogP contribution in [-0.2, 0) is 14.8 Å². The minimum Gasteiger partial charge on any atom is -0.358 e. The van der Waals surface area contributed by atoms with Gasteiger partial charge in [0, 0.05) is 0 Å². The molecule has 0 radical (unpaired) electrons. The molecular formula is C22H18FNO3S. The van der Waals surface area contributed by atoms with Crippen molar-refractivity contribution in [1.82, 2.24) is 0 Å². The van der Waals surface area contributed by atoms with Crippen LogP contribution < -0.4 is 0 Å². The van der Waals surface area contributed by atoms with Crippen molar-refractivity contribution in [3.63, 3.8) is 0 Å². The molecule has 0 saturated carbocycles. The van der Waals surface area contributed by atoms with Crippen molar-refractivity contribution < 1.29 is 17.5 Å². The predicted molar refractivity (Wildman–Crippen MR) is 105 cm³/mol. The lowest BCUT2D eigenvalue weighted by atomic mass is 10.0. The monoisotopic (exact) mass is 395 g/mol. The number of sulfonamides is 1. The Kier molecular flexibility index (Phi) is 4.83. The molecule has 0 bridgehead atoms. The fourth-order valence-electron chi connectivity index (χ4n) is 3.00. The average Bonchev–Trinajstić information content (AvgIpc) is 3.49. The maximum absolute atomic E-state index is 13.4. The third-order valence-electron chi connectivity index (χ3n) is 4.57. The molecule has 142 valence electrons. The van der Waals surface area contributed by atoms with Gasteiger partial charge in [-0.2, -0.15) is 12.8 Å². The molecule has 6 heteroatoms. The molecule has 1 aliphatic heterocycles. The first-order valence-corrected chi connectivity index (χ1v) is 10.3. The predicted octanol–water partition coefficient (Wildman–Crippen LogP) is 4.45. The minimum atomic E-state index is -3.93. The third kappa shape index (κ3) is 3.88. The molecule has 0 N–H and O–H groups in total. The Hall–Kier alpha value is -2.83. The van der Waals surface area contributed by atoms with Gasteiger partial charge in [0.1, 0.15) is 18.0 Å². The highest BCUT2D eigenvalue weighted by Crippen LogP contribution is 2.41. The molecular weight excluding hydrogens is 377 g/mol. The standard InChI is InChI=1S/C22H18FNO3S/c1-15-7-13-19(14-8-15)28(25,26)24-20(16-9-11-18(23)12-10-16)22-21(27-22)17-5-3-2-4-6-17/h2-14,21-22H,1H3/b24-20+/t21-,22-/m1/s1. The summed E-state index contributed by atoms with van der Waals surface area (Å²) in [6.45, 7) is 1.88. The van der Waals surface area contributed by atoms with Crippen LogP contribution in [0.2, 0.25) is 0 Å². The molecule has 1 heterocycles. The third-order valence-corrected chi connectivity index (χ3v) is 5.87. The summed E-state index contributed by atoms with van der Waals surface area (Å²) in [5.41, 5.74) is 2.68. The zero-order valence-corrected chi connectivity index (χ0v) is 15.9. The molecule has 2 atom stereocenters. The van der Waals surface area contributed by atoms with Gasteiger partial charge in [0.2, 0.25) is 0 Å². The number of nitrogens with zero attached hydrogens (tertiary/aromatic N) is 1. The quantitative estimate of drug-likeness (QED) is 0.474. The Morgan fingerprint density at radius 1 is 0.929 bits per heavy atom. The van der Waals surface area contributed by atoms with Crippen LogP contribution in [0, 0.1) is 12.7 Å². The van der Waals surface area contributed by atoms with Crippen LogP contribution in [0.4, 0.5) is 4.39 Å². The Labute approximate surface area is 163 Å². The van der Waals surface area contributed by atoms with Crippen molar-refractivity contribution in [3.05, 3.63) is 101 Å². The summed E-state index contributed by atoms with van der Waals surface area (Å²) < 4.78 is 48.9. The second kappa shape index (κ2) is 7.30. The van der Waals surface area contributed by atoms with Crippen LogP contribution in [-0.4, -0.2) is 20.2 Å². The van der Waals surface area contributed by atoms with E-state index >= 15 is 0 Å². The van der Waals surface area contributed by atoms with Gasteiger partial charge in [0.25, 0.3) is 10.0 Å². The second-order valence-corrected chi connectivity index (χ2v) is 8.26. The molecule has 0 unspecified atom stereocenters. The number of hydrogen-bond donors (Lipinski definition) is 0. The molecule has 1 fully saturated rings. The van der Waals surface area contributed by atoms with Crippen molar-refractivity contribution in [2.45, 2.75) is 24.0 Å². The van der Waals surface area contributed by atoms with Gasteiger partial charge in [-0.25, -0.2) is 4.39 Å². The van der Waals surface area contributed by atoms with E-state index in [2.05, 4.69) is 4.40 Å². The minimum absolute atomic E-state index is 0.106. The summed E-state index contributed by atoms with van der Waals surface area (Å²) in [7, 11) is -3.93. The maximum atomic E-state index is 13.4. The lowest BCUT2D eigenvalue weighted by Crippen LogP contribution is -2.14. The van der Waals surface area contributed by atoms with Gasteiger partial charge in [0.15, 0.2) is 0 Å². The molecule has 1 aliphatic rings. The topological polar surface area (TPSA) is 59.0 Å². The first-order valence-electron chi connectivity index (χ1n) is 8.82. The number of halogens is 1. The van der Waals surface area contributed by atoms with Gasteiger partial charge in [-0.15, -0.1) is 0 Å². The van der Waals surface area contributed by atoms with E-state index in [0.717, 1.165) is 11.1 Å². The van der Waals surface area contributed by atoms with Crippen LogP contribution in [0.5, 0.6) is 0 Å². The lowest BCUT2D eigenvalue weighted by molar-refractivity contribution is 0.400. The summed E-state index contributed by atoms with van der Waals surface area (Å²) in [6.07, 6.45) is -0.786. The smallest absolute Gasteiger partial charge is 0.282 e. The number of rotatable bonds is 5.